The first-order chi connectivity index (χ1) is 17.3. The fourth-order valence-electron chi connectivity index (χ4n) is 4.14. The van der Waals surface area contributed by atoms with Gasteiger partial charge in [0.1, 0.15) is 10.0 Å². The Balaban J connectivity index is 1.52. The minimum absolute atomic E-state index is 0.00654. The molecule has 1 aliphatic heterocycles. The van der Waals surface area contributed by atoms with Crippen LogP contribution in [0.3, 0.4) is 0 Å². The van der Waals surface area contributed by atoms with E-state index in [0.717, 1.165) is 31.2 Å². The molecule has 2 amide bonds. The molecule has 1 aliphatic rings. The molecule has 5 rings (SSSR count). The quantitative estimate of drug-likeness (QED) is 0.373. The van der Waals surface area contributed by atoms with Crippen LogP contribution in [0.1, 0.15) is 27.7 Å². The van der Waals surface area contributed by atoms with Gasteiger partial charge in [0.15, 0.2) is 9.84 Å². The Morgan fingerprint density at radius 3 is 2.56 bits per heavy atom. The average molecular weight is 542 g/mol. The van der Waals surface area contributed by atoms with E-state index in [4.69, 9.17) is 9.72 Å². The molecule has 8 nitrogen and oxygen atoms in total. The van der Waals surface area contributed by atoms with Crippen molar-refractivity contribution in [1.82, 2.24) is 9.88 Å². The number of amides is 2. The Morgan fingerprint density at radius 2 is 1.86 bits per heavy atom. The molecule has 3 heterocycles. The van der Waals surface area contributed by atoms with E-state index in [-0.39, 0.29) is 22.6 Å². The molecule has 0 radical (unpaired) electrons. The third-order valence-electron chi connectivity index (χ3n) is 6.08. The monoisotopic (exact) mass is 541 g/mol. The number of anilines is 1. The number of thiophene rings is 1. The van der Waals surface area contributed by atoms with Crippen molar-refractivity contribution in [3.05, 3.63) is 64.5 Å². The van der Waals surface area contributed by atoms with Crippen molar-refractivity contribution in [2.75, 3.05) is 24.7 Å². The van der Waals surface area contributed by atoms with Crippen LogP contribution in [0.5, 0.6) is 0 Å². The van der Waals surface area contributed by atoms with E-state index in [1.165, 1.54) is 42.7 Å². The molecule has 11 heteroatoms. The lowest BCUT2D eigenvalue weighted by Gasteiger charge is -2.25. The Kier molecular flexibility index (Phi) is 6.54. The predicted octanol–water partition coefficient (Wildman–Crippen LogP) is 5.20. The minimum Gasteiger partial charge on any atom is -0.453 e. The largest absolute Gasteiger partial charge is 0.453 e. The van der Waals surface area contributed by atoms with Gasteiger partial charge in [-0.25, -0.2) is 18.2 Å². The molecule has 0 saturated heterocycles. The molecule has 1 N–H and O–H groups in total. The van der Waals surface area contributed by atoms with Gasteiger partial charge in [0.2, 0.25) is 0 Å². The second-order valence-electron chi connectivity index (χ2n) is 8.22. The van der Waals surface area contributed by atoms with Crippen LogP contribution in [0.4, 0.5) is 9.80 Å². The van der Waals surface area contributed by atoms with E-state index < -0.39 is 9.84 Å². The van der Waals surface area contributed by atoms with Crippen LogP contribution >= 0.6 is 22.7 Å². The summed E-state index contributed by atoms with van der Waals surface area (Å²) in [5.74, 6) is -0.353. The summed E-state index contributed by atoms with van der Waals surface area (Å²) in [5, 5.41) is 4.48. The molecule has 0 unspecified atom stereocenters. The number of fused-ring (bicyclic) bond motifs is 2. The molecule has 0 bridgehead atoms. The number of nitrogens with one attached hydrogen (secondary N) is 1. The molecule has 36 heavy (non-hydrogen) atoms. The first-order valence-electron chi connectivity index (χ1n) is 11.3. The van der Waals surface area contributed by atoms with Gasteiger partial charge in [0.25, 0.3) is 5.91 Å². The number of methoxy groups -OCH3 is 1. The van der Waals surface area contributed by atoms with Crippen molar-refractivity contribution >= 4 is 59.7 Å². The van der Waals surface area contributed by atoms with E-state index in [0.29, 0.717) is 30.1 Å². The molecular formula is C25H23N3O5S3. The highest BCUT2D eigenvalue weighted by atomic mass is 32.2. The number of aromatic nitrogens is 1. The summed E-state index contributed by atoms with van der Waals surface area (Å²) in [7, 11) is -1.99. The van der Waals surface area contributed by atoms with Gasteiger partial charge < -0.3 is 15.0 Å². The fourth-order valence-corrected chi connectivity index (χ4v) is 7.39. The first-order valence-corrected chi connectivity index (χ1v) is 14.6. The normalized spacial score (nSPS) is 13.4. The van der Waals surface area contributed by atoms with Crippen LogP contribution < -0.4 is 5.32 Å². The number of hydrogen-bond acceptors (Lipinski definition) is 8. The lowest BCUT2D eigenvalue weighted by atomic mass is 10.0. The summed E-state index contributed by atoms with van der Waals surface area (Å²) >= 11 is 2.98. The molecule has 0 saturated carbocycles. The number of ether oxygens (including phenoxy) is 1. The van der Waals surface area contributed by atoms with Crippen molar-refractivity contribution in [2.45, 2.75) is 24.8 Å². The number of carbonyl (C=O) groups excluding carboxylic acids is 2. The van der Waals surface area contributed by atoms with Crippen molar-refractivity contribution in [2.24, 2.45) is 0 Å². The second kappa shape index (κ2) is 9.64. The van der Waals surface area contributed by atoms with Crippen LogP contribution in [0.2, 0.25) is 0 Å². The predicted molar refractivity (Wildman–Crippen MR) is 142 cm³/mol. The number of hydrogen-bond donors (Lipinski definition) is 1. The molecule has 186 valence electrons. The molecule has 2 aromatic carbocycles. The van der Waals surface area contributed by atoms with Crippen LogP contribution in [-0.2, 0) is 27.5 Å². The van der Waals surface area contributed by atoms with Gasteiger partial charge in [-0.15, -0.1) is 22.7 Å². The van der Waals surface area contributed by atoms with Gasteiger partial charge in [-0.3, -0.25) is 4.79 Å². The van der Waals surface area contributed by atoms with Gasteiger partial charge in [-0.05, 0) is 48.4 Å². The number of thiazole rings is 1. The Bertz CT molecular complexity index is 1540. The van der Waals surface area contributed by atoms with Crippen LogP contribution in [-0.4, -0.2) is 49.7 Å². The Labute approximate surface area is 216 Å². The summed E-state index contributed by atoms with van der Waals surface area (Å²) in [6.07, 6.45) is 0.231. The Hall–Kier alpha value is -3.28. The minimum atomic E-state index is -3.35. The third-order valence-corrected chi connectivity index (χ3v) is 10.0. The van der Waals surface area contributed by atoms with Crippen LogP contribution in [0.25, 0.3) is 20.8 Å². The molecule has 0 atom stereocenters. The van der Waals surface area contributed by atoms with Gasteiger partial charge in [-0.2, -0.15) is 0 Å². The second-order valence-corrected chi connectivity index (χ2v) is 12.6. The van der Waals surface area contributed by atoms with E-state index >= 15 is 0 Å². The SMILES string of the molecule is CCS(=O)(=O)c1ccc(C(=O)Nc2sc3c(c2-c2nc4ccccc4s2)CCN(C(=O)OC)C3)cc1. The fraction of sp³-hybridized carbons (Fsp3) is 0.240. The molecule has 0 fully saturated rings. The summed E-state index contributed by atoms with van der Waals surface area (Å²) in [6, 6.07) is 13.8. The summed E-state index contributed by atoms with van der Waals surface area (Å²) < 4.78 is 30.2. The zero-order chi connectivity index (χ0) is 25.4. The number of sulfone groups is 1. The molecule has 4 aromatic rings. The highest BCUT2D eigenvalue weighted by Gasteiger charge is 2.30. The maximum atomic E-state index is 13.2. The zero-order valence-corrected chi connectivity index (χ0v) is 22.1. The lowest BCUT2D eigenvalue weighted by molar-refractivity contribution is 0.102. The molecule has 0 spiro atoms. The standard InChI is InChI=1S/C25H23N3O5S3/c1-3-36(31,32)16-10-8-15(9-11-16)22(29)27-24-21(23-26-18-6-4-5-7-19(18)34-23)17-12-13-28(25(30)33-2)14-20(17)35-24/h4-11H,3,12-14H2,1-2H3,(H,27,29). The van der Waals surface area contributed by atoms with Crippen LogP contribution in [0, 0.1) is 0 Å². The first kappa shape index (κ1) is 24.4. The van der Waals surface area contributed by atoms with E-state index in [2.05, 4.69) is 5.32 Å². The highest BCUT2D eigenvalue weighted by molar-refractivity contribution is 7.91. The van der Waals surface area contributed by atoms with E-state index in [1.54, 1.807) is 23.2 Å². The zero-order valence-electron chi connectivity index (χ0n) is 19.6. The molecular weight excluding hydrogens is 518 g/mol. The van der Waals surface area contributed by atoms with E-state index in [1.807, 2.05) is 24.3 Å². The highest BCUT2D eigenvalue weighted by Crippen LogP contribution is 2.45. The van der Waals surface area contributed by atoms with Gasteiger partial charge in [-0.1, -0.05) is 19.1 Å². The summed E-state index contributed by atoms with van der Waals surface area (Å²) in [6.45, 7) is 2.48. The van der Waals surface area contributed by atoms with E-state index in [9.17, 15) is 18.0 Å². The number of nitrogens with zero attached hydrogens (tertiary/aromatic N) is 2. The lowest BCUT2D eigenvalue weighted by Crippen LogP contribution is -2.35. The van der Waals surface area contributed by atoms with Crippen molar-refractivity contribution in [3.8, 4) is 10.6 Å². The van der Waals surface area contributed by atoms with Crippen molar-refractivity contribution in [3.63, 3.8) is 0 Å². The smallest absolute Gasteiger partial charge is 0.409 e. The number of carbonyl (C=O) groups is 2. The van der Waals surface area contributed by atoms with Crippen molar-refractivity contribution in [1.29, 1.82) is 0 Å². The summed E-state index contributed by atoms with van der Waals surface area (Å²) in [5.41, 5.74) is 3.18. The topological polar surface area (TPSA) is 106 Å². The number of benzene rings is 2. The van der Waals surface area contributed by atoms with Gasteiger partial charge in [0, 0.05) is 22.5 Å². The number of rotatable bonds is 5. The number of para-hydroxylation sites is 1. The molecule has 2 aromatic heterocycles. The molecule has 0 aliphatic carbocycles. The maximum absolute atomic E-state index is 13.2. The van der Waals surface area contributed by atoms with Gasteiger partial charge >= 0.3 is 6.09 Å². The third kappa shape index (κ3) is 4.49. The Morgan fingerprint density at radius 1 is 1.11 bits per heavy atom. The van der Waals surface area contributed by atoms with Crippen LogP contribution in [0.15, 0.2) is 53.4 Å². The maximum Gasteiger partial charge on any atom is 0.409 e. The van der Waals surface area contributed by atoms with Gasteiger partial charge in [0.05, 0.1) is 34.5 Å². The summed E-state index contributed by atoms with van der Waals surface area (Å²) in [4.78, 5) is 32.9. The van der Waals surface area contributed by atoms with Crippen molar-refractivity contribution < 1.29 is 22.7 Å². The average Bonchev–Trinajstić information content (AvgIpc) is 3.48.